The molecule has 0 bridgehead atoms. The molecule has 2 aromatic rings. The van der Waals surface area contributed by atoms with E-state index in [2.05, 4.69) is 9.97 Å². The van der Waals surface area contributed by atoms with Crippen LogP contribution in [0.2, 0.25) is 0 Å². The summed E-state index contributed by atoms with van der Waals surface area (Å²) < 4.78 is 0. The molecule has 21 heavy (non-hydrogen) atoms. The van der Waals surface area contributed by atoms with Gasteiger partial charge in [0.25, 0.3) is 0 Å². The minimum atomic E-state index is 0.482. The number of hydrogen-bond donors (Lipinski definition) is 2. The van der Waals surface area contributed by atoms with E-state index in [0.717, 1.165) is 26.9 Å². The van der Waals surface area contributed by atoms with Gasteiger partial charge >= 0.3 is 0 Å². The lowest BCUT2D eigenvalue weighted by atomic mass is 9.82. The van der Waals surface area contributed by atoms with Gasteiger partial charge in [0.15, 0.2) is 5.82 Å². The van der Waals surface area contributed by atoms with Gasteiger partial charge in [0, 0.05) is 22.6 Å². The van der Waals surface area contributed by atoms with Crippen molar-refractivity contribution in [2.45, 2.75) is 48.9 Å². The van der Waals surface area contributed by atoms with Crippen molar-refractivity contribution < 1.29 is 0 Å². The van der Waals surface area contributed by atoms with Gasteiger partial charge < -0.3 is 11.5 Å². The van der Waals surface area contributed by atoms with Gasteiger partial charge in [-0.3, -0.25) is 0 Å². The summed E-state index contributed by atoms with van der Waals surface area (Å²) in [4.78, 5) is 14.3. The predicted molar refractivity (Wildman–Crippen MR) is 85.3 cm³/mol. The summed E-state index contributed by atoms with van der Waals surface area (Å²) in [5, 5.41) is 0.760. The number of aryl methyl sites for hydroxylation is 1. The quantitative estimate of drug-likeness (QED) is 0.905. The standard InChI is InChI=1S/C15H19N5S/c1-8-11(6-7-18-13(8)16)21-15-14(17)19-9(2)12(20-15)10-4-3-5-10/h6-7,10H,3-5H2,1-2H3,(H2,16,18)(H2,17,19). The second kappa shape index (κ2) is 5.52. The van der Waals surface area contributed by atoms with Gasteiger partial charge in [-0.15, -0.1) is 0 Å². The van der Waals surface area contributed by atoms with Crippen LogP contribution in [0.25, 0.3) is 0 Å². The molecule has 0 amide bonds. The molecule has 6 heteroatoms. The summed E-state index contributed by atoms with van der Waals surface area (Å²) in [6, 6.07) is 1.93. The highest BCUT2D eigenvalue weighted by Gasteiger charge is 2.24. The summed E-state index contributed by atoms with van der Waals surface area (Å²) >= 11 is 1.51. The van der Waals surface area contributed by atoms with Gasteiger partial charge in [0.2, 0.25) is 0 Å². The zero-order valence-corrected chi connectivity index (χ0v) is 13.1. The van der Waals surface area contributed by atoms with Gasteiger partial charge in [0.1, 0.15) is 10.8 Å². The highest BCUT2D eigenvalue weighted by Crippen LogP contribution is 2.39. The fourth-order valence-corrected chi connectivity index (χ4v) is 3.31. The summed E-state index contributed by atoms with van der Waals surface area (Å²) in [5.41, 5.74) is 14.9. The van der Waals surface area contributed by atoms with Crippen molar-refractivity contribution in [3.63, 3.8) is 0 Å². The smallest absolute Gasteiger partial charge is 0.156 e. The Balaban J connectivity index is 1.96. The SMILES string of the molecule is Cc1nc(N)c(Sc2ccnc(N)c2C)nc1C1CCC1. The molecule has 0 radical (unpaired) electrons. The number of nitrogen functional groups attached to an aromatic ring is 2. The Kier molecular flexibility index (Phi) is 3.71. The molecule has 1 fully saturated rings. The number of nitrogens with two attached hydrogens (primary N) is 2. The Morgan fingerprint density at radius 3 is 2.57 bits per heavy atom. The van der Waals surface area contributed by atoms with Crippen molar-refractivity contribution in [2.75, 3.05) is 11.5 Å². The normalized spacial score (nSPS) is 15.0. The van der Waals surface area contributed by atoms with E-state index in [1.54, 1.807) is 6.20 Å². The van der Waals surface area contributed by atoms with E-state index in [-0.39, 0.29) is 0 Å². The Morgan fingerprint density at radius 1 is 1.14 bits per heavy atom. The number of pyridine rings is 1. The van der Waals surface area contributed by atoms with Gasteiger partial charge in [0.05, 0.1) is 11.4 Å². The number of hydrogen-bond acceptors (Lipinski definition) is 6. The molecule has 0 atom stereocenters. The van der Waals surface area contributed by atoms with Gasteiger partial charge in [-0.2, -0.15) is 0 Å². The average molecular weight is 301 g/mol. The first-order chi connectivity index (χ1) is 10.1. The van der Waals surface area contributed by atoms with Gasteiger partial charge in [-0.05, 0) is 32.8 Å². The van der Waals surface area contributed by atoms with Crippen molar-refractivity contribution in [1.29, 1.82) is 0 Å². The molecule has 0 spiro atoms. The summed E-state index contributed by atoms with van der Waals surface area (Å²) in [5.74, 6) is 1.56. The molecule has 2 aromatic heterocycles. The molecule has 3 rings (SSSR count). The summed E-state index contributed by atoms with van der Waals surface area (Å²) in [6.45, 7) is 3.94. The maximum absolute atomic E-state index is 6.04. The third kappa shape index (κ3) is 2.68. The van der Waals surface area contributed by atoms with E-state index >= 15 is 0 Å². The molecule has 0 aliphatic heterocycles. The average Bonchev–Trinajstić information content (AvgIpc) is 2.38. The minimum absolute atomic E-state index is 0.482. The highest BCUT2D eigenvalue weighted by molar-refractivity contribution is 7.99. The van der Waals surface area contributed by atoms with Crippen LogP contribution in [0.15, 0.2) is 22.2 Å². The van der Waals surface area contributed by atoms with Gasteiger partial charge in [-0.25, -0.2) is 15.0 Å². The van der Waals surface area contributed by atoms with Crippen molar-refractivity contribution in [2.24, 2.45) is 0 Å². The lowest BCUT2D eigenvalue weighted by molar-refractivity contribution is 0.406. The number of rotatable bonds is 3. The van der Waals surface area contributed by atoms with E-state index in [1.807, 2.05) is 19.9 Å². The van der Waals surface area contributed by atoms with E-state index in [9.17, 15) is 0 Å². The first-order valence-corrected chi connectivity index (χ1v) is 7.91. The summed E-state index contributed by atoms with van der Waals surface area (Å²) in [7, 11) is 0. The lowest BCUT2D eigenvalue weighted by Crippen LogP contribution is -2.14. The molecule has 2 heterocycles. The second-order valence-electron chi connectivity index (χ2n) is 5.43. The van der Waals surface area contributed by atoms with Crippen LogP contribution in [0.4, 0.5) is 11.6 Å². The Labute approximate surface area is 128 Å². The molecule has 0 unspecified atom stereocenters. The number of nitrogens with zero attached hydrogens (tertiary/aromatic N) is 3. The zero-order valence-electron chi connectivity index (χ0n) is 12.3. The topological polar surface area (TPSA) is 90.7 Å². The lowest BCUT2D eigenvalue weighted by Gasteiger charge is -2.26. The number of anilines is 2. The molecule has 1 saturated carbocycles. The Bertz CT molecular complexity index is 682. The second-order valence-corrected chi connectivity index (χ2v) is 6.46. The maximum Gasteiger partial charge on any atom is 0.156 e. The van der Waals surface area contributed by atoms with Crippen LogP contribution < -0.4 is 11.5 Å². The molecular weight excluding hydrogens is 282 g/mol. The van der Waals surface area contributed by atoms with Crippen LogP contribution in [0, 0.1) is 13.8 Å². The van der Waals surface area contributed by atoms with Crippen molar-refractivity contribution in [1.82, 2.24) is 15.0 Å². The molecule has 5 nitrogen and oxygen atoms in total. The molecule has 110 valence electrons. The monoisotopic (exact) mass is 301 g/mol. The third-order valence-electron chi connectivity index (χ3n) is 3.99. The molecule has 4 N–H and O–H groups in total. The Hall–Kier alpha value is -1.82. The molecular formula is C15H19N5S. The van der Waals surface area contributed by atoms with Crippen LogP contribution in [-0.4, -0.2) is 15.0 Å². The minimum Gasteiger partial charge on any atom is -0.383 e. The fraction of sp³-hybridized carbons (Fsp3) is 0.400. The van der Waals surface area contributed by atoms with Crippen molar-refractivity contribution in [3.8, 4) is 0 Å². The van der Waals surface area contributed by atoms with Crippen molar-refractivity contribution >= 4 is 23.4 Å². The van der Waals surface area contributed by atoms with Crippen LogP contribution >= 0.6 is 11.8 Å². The fourth-order valence-electron chi connectivity index (χ4n) is 2.42. The van der Waals surface area contributed by atoms with Crippen LogP contribution in [0.3, 0.4) is 0 Å². The molecule has 0 aromatic carbocycles. The molecule has 1 aliphatic rings. The van der Waals surface area contributed by atoms with E-state index in [0.29, 0.717) is 17.6 Å². The third-order valence-corrected chi connectivity index (χ3v) is 5.15. The zero-order chi connectivity index (χ0) is 15.0. The predicted octanol–water partition coefficient (Wildman–Crippen LogP) is 3.07. The van der Waals surface area contributed by atoms with E-state index < -0.39 is 0 Å². The maximum atomic E-state index is 6.04. The highest BCUT2D eigenvalue weighted by atomic mass is 32.2. The van der Waals surface area contributed by atoms with Gasteiger partial charge in [-0.1, -0.05) is 18.2 Å². The molecule has 0 saturated heterocycles. The van der Waals surface area contributed by atoms with E-state index in [4.69, 9.17) is 16.5 Å². The van der Waals surface area contributed by atoms with E-state index in [1.165, 1.54) is 31.0 Å². The van der Waals surface area contributed by atoms with Crippen LogP contribution in [-0.2, 0) is 0 Å². The number of aromatic nitrogens is 3. The first-order valence-electron chi connectivity index (χ1n) is 7.09. The molecule has 1 aliphatic carbocycles. The largest absolute Gasteiger partial charge is 0.383 e. The first kappa shape index (κ1) is 14.1. The van der Waals surface area contributed by atoms with Crippen LogP contribution in [0.5, 0.6) is 0 Å². The Morgan fingerprint density at radius 2 is 1.90 bits per heavy atom. The van der Waals surface area contributed by atoms with Crippen molar-refractivity contribution in [3.05, 3.63) is 29.2 Å². The van der Waals surface area contributed by atoms with Crippen LogP contribution in [0.1, 0.15) is 42.1 Å². The summed E-state index contributed by atoms with van der Waals surface area (Å²) in [6.07, 6.45) is 5.38.